The molecular weight excluding hydrogens is 194 g/mol. The summed E-state index contributed by atoms with van der Waals surface area (Å²) in [6, 6.07) is 7.66. The minimum atomic E-state index is -0.987. The molecule has 0 bridgehead atoms. The monoisotopic (exact) mass is 207 g/mol. The van der Waals surface area contributed by atoms with Gasteiger partial charge in [0.25, 0.3) is 0 Å². The minimum Gasteiger partial charge on any atom is -0.248 e. The molecule has 1 heterocycles. The van der Waals surface area contributed by atoms with Gasteiger partial charge in [-0.25, -0.2) is 9.20 Å². The topological polar surface area (TPSA) is 29.4 Å². The molecule has 3 heteroatoms. The van der Waals surface area contributed by atoms with Gasteiger partial charge in [-0.1, -0.05) is 25.5 Å². The number of unbranched alkanes of at least 4 members (excludes halogenated alkanes) is 1. The number of fused-ring (bicyclic) bond motifs is 1. The normalized spacial score (nSPS) is 19.2. The maximum atomic E-state index is 11.9. The molecule has 0 aliphatic carbocycles. The number of para-hydroxylation sites is 1. The second-order valence-corrected chi connectivity index (χ2v) is 4.79. The second kappa shape index (κ2) is 4.05. The van der Waals surface area contributed by atoms with Gasteiger partial charge in [0.1, 0.15) is 15.8 Å². The van der Waals surface area contributed by atoms with Crippen molar-refractivity contribution in [1.82, 2.24) is 0 Å². The first-order valence-corrected chi connectivity index (χ1v) is 6.06. The molecular formula is C11H13NOS. The fourth-order valence-electron chi connectivity index (χ4n) is 1.49. The minimum absolute atomic E-state index is 0.841. The van der Waals surface area contributed by atoms with E-state index in [1.807, 2.05) is 24.3 Å². The Morgan fingerprint density at radius 1 is 1.36 bits per heavy atom. The number of nitrogens with zero attached hydrogens (tertiary/aromatic N) is 1. The van der Waals surface area contributed by atoms with E-state index in [9.17, 15) is 4.21 Å². The van der Waals surface area contributed by atoms with Crippen molar-refractivity contribution < 1.29 is 4.21 Å². The van der Waals surface area contributed by atoms with Crippen LogP contribution in [0.5, 0.6) is 0 Å². The molecule has 0 fully saturated rings. The van der Waals surface area contributed by atoms with Gasteiger partial charge in [0.15, 0.2) is 0 Å². The van der Waals surface area contributed by atoms with E-state index in [1.54, 1.807) is 0 Å². The smallest absolute Gasteiger partial charge is 0.110 e. The number of hydrogen-bond donors (Lipinski definition) is 0. The van der Waals surface area contributed by atoms with Gasteiger partial charge < -0.3 is 0 Å². The van der Waals surface area contributed by atoms with Crippen LogP contribution in [0.1, 0.15) is 26.2 Å². The predicted molar refractivity (Wildman–Crippen MR) is 59.5 cm³/mol. The largest absolute Gasteiger partial charge is 0.248 e. The molecule has 0 N–H and O–H groups in total. The fourth-order valence-corrected chi connectivity index (χ4v) is 2.76. The first-order valence-electron chi connectivity index (χ1n) is 4.91. The Balaban J connectivity index is 2.24. The SMILES string of the molecule is CCCCC1=Nc2ccccc2S1=O. The van der Waals surface area contributed by atoms with Crippen molar-refractivity contribution in [2.75, 3.05) is 0 Å². The molecule has 0 saturated carbocycles. The predicted octanol–water partition coefficient (Wildman–Crippen LogP) is 3.03. The van der Waals surface area contributed by atoms with Crippen LogP contribution in [0.15, 0.2) is 34.2 Å². The molecule has 0 saturated heterocycles. The van der Waals surface area contributed by atoms with Crippen LogP contribution in [-0.2, 0) is 10.8 Å². The van der Waals surface area contributed by atoms with Gasteiger partial charge in [0.05, 0.1) is 10.6 Å². The zero-order chi connectivity index (χ0) is 9.97. The van der Waals surface area contributed by atoms with Crippen molar-refractivity contribution in [2.45, 2.75) is 31.1 Å². The molecule has 1 aliphatic heterocycles. The standard InChI is InChI=1S/C11H13NOS/c1-2-3-8-11-12-9-6-4-5-7-10(9)14(11)13/h4-7H,2-3,8H2,1H3. The van der Waals surface area contributed by atoms with Crippen LogP contribution in [-0.4, -0.2) is 9.25 Å². The summed E-state index contributed by atoms with van der Waals surface area (Å²) < 4.78 is 11.9. The summed E-state index contributed by atoms with van der Waals surface area (Å²) in [6.07, 6.45) is 3.04. The Morgan fingerprint density at radius 2 is 2.14 bits per heavy atom. The number of benzene rings is 1. The van der Waals surface area contributed by atoms with Crippen molar-refractivity contribution >= 4 is 21.5 Å². The molecule has 14 heavy (non-hydrogen) atoms. The van der Waals surface area contributed by atoms with Gasteiger partial charge in [0, 0.05) is 0 Å². The average Bonchev–Trinajstić information content (AvgIpc) is 2.54. The molecule has 1 unspecified atom stereocenters. The second-order valence-electron chi connectivity index (χ2n) is 3.35. The van der Waals surface area contributed by atoms with Crippen molar-refractivity contribution in [1.29, 1.82) is 0 Å². The first kappa shape index (κ1) is 9.59. The van der Waals surface area contributed by atoms with Crippen LogP contribution in [0.4, 0.5) is 5.69 Å². The van der Waals surface area contributed by atoms with E-state index in [-0.39, 0.29) is 0 Å². The van der Waals surface area contributed by atoms with Gasteiger partial charge in [-0.05, 0) is 25.0 Å². The highest BCUT2D eigenvalue weighted by Crippen LogP contribution is 2.31. The van der Waals surface area contributed by atoms with Crippen LogP contribution in [0.2, 0.25) is 0 Å². The molecule has 1 aromatic rings. The molecule has 74 valence electrons. The highest BCUT2D eigenvalue weighted by atomic mass is 32.2. The molecule has 1 aliphatic rings. The van der Waals surface area contributed by atoms with E-state index < -0.39 is 10.8 Å². The zero-order valence-corrected chi connectivity index (χ0v) is 9.01. The van der Waals surface area contributed by atoms with Crippen LogP contribution < -0.4 is 0 Å². The van der Waals surface area contributed by atoms with Crippen LogP contribution in [0.3, 0.4) is 0 Å². The summed E-state index contributed by atoms with van der Waals surface area (Å²) in [4.78, 5) is 5.26. The molecule has 2 rings (SSSR count). The third kappa shape index (κ3) is 1.64. The lowest BCUT2D eigenvalue weighted by atomic mass is 10.3. The van der Waals surface area contributed by atoms with Gasteiger partial charge in [-0.2, -0.15) is 0 Å². The summed E-state index contributed by atoms with van der Waals surface area (Å²) in [5.74, 6) is 0. The number of aliphatic imine (C=N–C) groups is 1. The summed E-state index contributed by atoms with van der Waals surface area (Å²) >= 11 is 0. The Morgan fingerprint density at radius 3 is 2.86 bits per heavy atom. The lowest BCUT2D eigenvalue weighted by Gasteiger charge is -1.96. The third-order valence-corrected chi connectivity index (χ3v) is 3.74. The number of rotatable bonds is 3. The maximum absolute atomic E-state index is 11.9. The first-order chi connectivity index (χ1) is 6.83. The van der Waals surface area contributed by atoms with E-state index in [1.165, 1.54) is 0 Å². The summed E-state index contributed by atoms with van der Waals surface area (Å²) in [5.41, 5.74) is 0.886. The van der Waals surface area contributed by atoms with Gasteiger partial charge in [-0.3, -0.25) is 0 Å². The third-order valence-electron chi connectivity index (χ3n) is 2.27. The van der Waals surface area contributed by atoms with Crippen molar-refractivity contribution in [3.05, 3.63) is 24.3 Å². The quantitative estimate of drug-likeness (QED) is 0.749. The van der Waals surface area contributed by atoms with Crippen molar-refractivity contribution in [3.8, 4) is 0 Å². The summed E-state index contributed by atoms with van der Waals surface area (Å²) in [6.45, 7) is 2.13. The van der Waals surface area contributed by atoms with Crippen LogP contribution in [0, 0.1) is 0 Å². The van der Waals surface area contributed by atoms with Crippen molar-refractivity contribution in [3.63, 3.8) is 0 Å². The van der Waals surface area contributed by atoms with E-state index in [0.29, 0.717) is 0 Å². The van der Waals surface area contributed by atoms with Crippen molar-refractivity contribution in [2.24, 2.45) is 4.99 Å². The Kier molecular flexibility index (Phi) is 2.77. The molecule has 1 atom stereocenters. The Labute approximate surface area is 86.5 Å². The molecule has 1 aromatic carbocycles. The maximum Gasteiger partial charge on any atom is 0.110 e. The van der Waals surface area contributed by atoms with Gasteiger partial charge in [0.2, 0.25) is 0 Å². The molecule has 0 radical (unpaired) electrons. The Bertz CT molecular complexity index is 398. The van der Waals surface area contributed by atoms with Gasteiger partial charge in [-0.15, -0.1) is 0 Å². The molecule has 0 aromatic heterocycles. The fraction of sp³-hybridized carbons (Fsp3) is 0.364. The van der Waals surface area contributed by atoms with E-state index in [2.05, 4.69) is 11.9 Å². The van der Waals surface area contributed by atoms with Crippen LogP contribution >= 0.6 is 0 Å². The summed E-state index contributed by atoms with van der Waals surface area (Å²) in [5, 5.41) is 0.841. The zero-order valence-electron chi connectivity index (χ0n) is 8.19. The van der Waals surface area contributed by atoms with E-state index >= 15 is 0 Å². The van der Waals surface area contributed by atoms with E-state index in [0.717, 1.165) is 34.9 Å². The van der Waals surface area contributed by atoms with Gasteiger partial charge >= 0.3 is 0 Å². The molecule has 0 amide bonds. The van der Waals surface area contributed by atoms with E-state index in [4.69, 9.17) is 0 Å². The lowest BCUT2D eigenvalue weighted by molar-refractivity contribution is 0.690. The highest BCUT2D eigenvalue weighted by molar-refractivity contribution is 8.01. The molecule has 0 spiro atoms. The molecule has 2 nitrogen and oxygen atoms in total. The average molecular weight is 207 g/mol. The Hall–Kier alpha value is -0.960. The number of hydrogen-bond acceptors (Lipinski definition) is 2. The summed E-state index contributed by atoms with van der Waals surface area (Å²) in [7, 11) is -0.987. The van der Waals surface area contributed by atoms with Crippen LogP contribution in [0.25, 0.3) is 0 Å². The lowest BCUT2D eigenvalue weighted by Crippen LogP contribution is -2.02. The highest BCUT2D eigenvalue weighted by Gasteiger charge is 2.21.